The summed E-state index contributed by atoms with van der Waals surface area (Å²) >= 11 is 0. The molecule has 0 heterocycles. The van der Waals surface area contributed by atoms with E-state index in [1.165, 1.54) is 0 Å². The molecule has 5 heteroatoms. The lowest BCUT2D eigenvalue weighted by Gasteiger charge is -2.17. The smallest absolute Gasteiger partial charge is 0.119 e. The van der Waals surface area contributed by atoms with Gasteiger partial charge < -0.3 is 25.0 Å². The van der Waals surface area contributed by atoms with Gasteiger partial charge in [-0.1, -0.05) is 13.3 Å². The molecule has 1 aromatic carbocycles. The standard InChI is InChI=1S/C16H27NO4/c1-3-13(8-9-18)10-17-11-14(19)12-21-16-6-4-15(20-2)5-7-16/h4-7,13-14,17-19H,3,8-12H2,1-2H3. The lowest BCUT2D eigenvalue weighted by molar-refractivity contribution is 0.105. The van der Waals surface area contributed by atoms with Gasteiger partial charge in [0, 0.05) is 13.2 Å². The first-order valence-corrected chi connectivity index (χ1v) is 7.46. The second kappa shape index (κ2) is 10.4. The van der Waals surface area contributed by atoms with Gasteiger partial charge in [0.05, 0.1) is 7.11 Å². The van der Waals surface area contributed by atoms with Crippen molar-refractivity contribution >= 4 is 0 Å². The Bertz CT molecular complexity index is 369. The highest BCUT2D eigenvalue weighted by Gasteiger charge is 2.08. The predicted octanol–water partition coefficient (Wildman–Crippen LogP) is 1.43. The molecule has 0 bridgehead atoms. The van der Waals surface area contributed by atoms with Crippen molar-refractivity contribution in [2.24, 2.45) is 5.92 Å². The second-order valence-electron chi connectivity index (χ2n) is 5.09. The van der Waals surface area contributed by atoms with E-state index in [-0.39, 0.29) is 13.2 Å². The molecule has 3 N–H and O–H groups in total. The summed E-state index contributed by atoms with van der Waals surface area (Å²) in [5.41, 5.74) is 0. The lowest BCUT2D eigenvalue weighted by atomic mass is 10.0. The van der Waals surface area contributed by atoms with Crippen molar-refractivity contribution in [2.45, 2.75) is 25.9 Å². The van der Waals surface area contributed by atoms with Gasteiger partial charge in [0.2, 0.25) is 0 Å². The topological polar surface area (TPSA) is 71.0 Å². The molecule has 0 aromatic heterocycles. The molecular formula is C16H27NO4. The van der Waals surface area contributed by atoms with Gasteiger partial charge in [0.15, 0.2) is 0 Å². The van der Waals surface area contributed by atoms with Crippen LogP contribution >= 0.6 is 0 Å². The van der Waals surface area contributed by atoms with Gasteiger partial charge >= 0.3 is 0 Å². The van der Waals surface area contributed by atoms with Crippen LogP contribution in [-0.2, 0) is 0 Å². The first-order valence-electron chi connectivity index (χ1n) is 7.46. The van der Waals surface area contributed by atoms with Crippen LogP contribution in [0.25, 0.3) is 0 Å². The molecule has 0 spiro atoms. The number of benzene rings is 1. The van der Waals surface area contributed by atoms with E-state index in [0.717, 1.165) is 25.1 Å². The maximum absolute atomic E-state index is 9.87. The minimum Gasteiger partial charge on any atom is -0.497 e. The number of hydrogen-bond acceptors (Lipinski definition) is 5. The van der Waals surface area contributed by atoms with E-state index in [4.69, 9.17) is 14.6 Å². The molecule has 0 radical (unpaired) electrons. The Balaban J connectivity index is 2.19. The van der Waals surface area contributed by atoms with Crippen LogP contribution < -0.4 is 14.8 Å². The summed E-state index contributed by atoms with van der Waals surface area (Å²) in [6, 6.07) is 7.27. The fourth-order valence-corrected chi connectivity index (χ4v) is 2.01. The van der Waals surface area contributed by atoms with Crippen molar-refractivity contribution in [3.05, 3.63) is 24.3 Å². The molecule has 5 nitrogen and oxygen atoms in total. The second-order valence-corrected chi connectivity index (χ2v) is 5.09. The highest BCUT2D eigenvalue weighted by Crippen LogP contribution is 2.17. The summed E-state index contributed by atoms with van der Waals surface area (Å²) in [6.45, 7) is 3.85. The quantitative estimate of drug-likeness (QED) is 0.576. The van der Waals surface area contributed by atoms with Crippen molar-refractivity contribution in [3.8, 4) is 11.5 Å². The molecule has 0 amide bonds. The number of aliphatic hydroxyl groups excluding tert-OH is 2. The van der Waals surface area contributed by atoms with Crippen molar-refractivity contribution in [1.82, 2.24) is 5.32 Å². The Kier molecular flexibility index (Phi) is 8.82. The lowest BCUT2D eigenvalue weighted by Crippen LogP contribution is -2.34. The zero-order chi connectivity index (χ0) is 15.5. The Morgan fingerprint density at radius 2 is 1.81 bits per heavy atom. The van der Waals surface area contributed by atoms with Crippen LogP contribution in [0.3, 0.4) is 0 Å². The molecule has 2 unspecified atom stereocenters. The largest absolute Gasteiger partial charge is 0.497 e. The van der Waals surface area contributed by atoms with E-state index in [9.17, 15) is 5.11 Å². The van der Waals surface area contributed by atoms with E-state index < -0.39 is 6.10 Å². The molecule has 2 atom stereocenters. The molecule has 0 saturated carbocycles. The average molecular weight is 297 g/mol. The molecule has 1 rings (SSSR count). The van der Waals surface area contributed by atoms with Crippen molar-refractivity contribution in [2.75, 3.05) is 33.4 Å². The maximum Gasteiger partial charge on any atom is 0.119 e. The number of methoxy groups -OCH3 is 1. The summed E-state index contributed by atoms with van der Waals surface area (Å²) in [5, 5.41) is 22.0. The highest BCUT2D eigenvalue weighted by atomic mass is 16.5. The van der Waals surface area contributed by atoms with Crippen molar-refractivity contribution in [1.29, 1.82) is 0 Å². The SMILES string of the molecule is CCC(CCO)CNCC(O)COc1ccc(OC)cc1. The van der Waals surface area contributed by atoms with Gasteiger partial charge in [0.25, 0.3) is 0 Å². The Labute approximate surface area is 126 Å². The van der Waals surface area contributed by atoms with Crippen LogP contribution in [0.15, 0.2) is 24.3 Å². The van der Waals surface area contributed by atoms with Crippen LogP contribution in [0.1, 0.15) is 19.8 Å². The van der Waals surface area contributed by atoms with Crippen LogP contribution in [0.4, 0.5) is 0 Å². The molecular weight excluding hydrogens is 270 g/mol. The number of rotatable bonds is 11. The molecule has 120 valence electrons. The molecule has 21 heavy (non-hydrogen) atoms. The van der Waals surface area contributed by atoms with Crippen molar-refractivity contribution in [3.63, 3.8) is 0 Å². The van der Waals surface area contributed by atoms with Crippen molar-refractivity contribution < 1.29 is 19.7 Å². The Morgan fingerprint density at radius 3 is 2.38 bits per heavy atom. The molecule has 0 aliphatic carbocycles. The summed E-state index contributed by atoms with van der Waals surface area (Å²) < 4.78 is 10.6. The Morgan fingerprint density at radius 1 is 1.14 bits per heavy atom. The minimum atomic E-state index is -0.557. The number of ether oxygens (including phenoxy) is 2. The summed E-state index contributed by atoms with van der Waals surface area (Å²) in [7, 11) is 1.62. The van der Waals surface area contributed by atoms with Gasteiger partial charge in [-0.05, 0) is 43.1 Å². The third kappa shape index (κ3) is 7.32. The van der Waals surface area contributed by atoms with E-state index in [1.807, 2.05) is 24.3 Å². The van der Waals surface area contributed by atoms with Gasteiger partial charge in [-0.15, -0.1) is 0 Å². The van der Waals surface area contributed by atoms with Crippen LogP contribution in [0, 0.1) is 5.92 Å². The summed E-state index contributed by atoms with van der Waals surface area (Å²) in [4.78, 5) is 0. The minimum absolute atomic E-state index is 0.212. The number of hydrogen-bond donors (Lipinski definition) is 3. The zero-order valence-corrected chi connectivity index (χ0v) is 12.9. The van der Waals surface area contributed by atoms with E-state index in [2.05, 4.69) is 12.2 Å². The van der Waals surface area contributed by atoms with E-state index >= 15 is 0 Å². The third-order valence-corrected chi connectivity index (χ3v) is 3.43. The zero-order valence-electron chi connectivity index (χ0n) is 12.9. The summed E-state index contributed by atoms with van der Waals surface area (Å²) in [6.07, 6.45) is 1.26. The highest BCUT2D eigenvalue weighted by molar-refractivity contribution is 5.31. The molecule has 0 saturated heterocycles. The van der Waals surface area contributed by atoms with Gasteiger partial charge in [-0.3, -0.25) is 0 Å². The van der Waals surface area contributed by atoms with Crippen LogP contribution in [0.5, 0.6) is 11.5 Å². The van der Waals surface area contributed by atoms with E-state index in [0.29, 0.717) is 18.2 Å². The molecule has 0 fully saturated rings. The predicted molar refractivity (Wildman–Crippen MR) is 82.8 cm³/mol. The van der Waals surface area contributed by atoms with Crippen LogP contribution in [0.2, 0.25) is 0 Å². The Hall–Kier alpha value is -1.30. The normalized spacial score (nSPS) is 13.7. The average Bonchev–Trinajstić information content (AvgIpc) is 2.52. The monoisotopic (exact) mass is 297 g/mol. The third-order valence-electron chi connectivity index (χ3n) is 3.43. The van der Waals surface area contributed by atoms with Gasteiger partial charge in [-0.2, -0.15) is 0 Å². The fourth-order valence-electron chi connectivity index (χ4n) is 2.01. The molecule has 0 aliphatic rings. The maximum atomic E-state index is 9.87. The van der Waals surface area contributed by atoms with Crippen LogP contribution in [-0.4, -0.2) is 49.7 Å². The van der Waals surface area contributed by atoms with E-state index in [1.54, 1.807) is 7.11 Å². The number of aliphatic hydroxyl groups is 2. The first-order chi connectivity index (χ1) is 10.2. The summed E-state index contributed by atoms with van der Waals surface area (Å²) in [5.74, 6) is 1.94. The number of nitrogens with one attached hydrogen (secondary N) is 1. The first kappa shape index (κ1) is 17.8. The fraction of sp³-hybridized carbons (Fsp3) is 0.625. The molecule has 1 aromatic rings. The van der Waals surface area contributed by atoms with Gasteiger partial charge in [-0.25, -0.2) is 0 Å². The van der Waals surface area contributed by atoms with Gasteiger partial charge in [0.1, 0.15) is 24.2 Å². The molecule has 0 aliphatic heterocycles.